The first-order valence-electron chi connectivity index (χ1n) is 19.4. The second-order valence-corrected chi connectivity index (χ2v) is 15.7. The zero-order valence-corrected chi connectivity index (χ0v) is 30.7. The molecule has 9 atom stereocenters. The molecule has 8 nitrogen and oxygen atoms in total. The Hall–Kier alpha value is -2.13. The first kappa shape index (κ1) is 39.7. The van der Waals surface area contributed by atoms with Gasteiger partial charge >= 0.3 is 5.97 Å². The fraction of sp³-hybridized carbons (Fsp3) is 0.780. The Bertz CT molecular complexity index is 1220. The quantitative estimate of drug-likeness (QED) is 0.104. The number of ether oxygens (including phenoxy) is 2. The first-order chi connectivity index (χ1) is 23.5. The summed E-state index contributed by atoms with van der Waals surface area (Å²) >= 11 is 0. The molecule has 49 heavy (non-hydrogen) atoms. The molecule has 5 aliphatic rings. The number of allylic oxidation sites excluding steroid dienone is 6. The van der Waals surface area contributed by atoms with Crippen LogP contribution in [0.1, 0.15) is 143 Å². The van der Waals surface area contributed by atoms with Gasteiger partial charge in [0.15, 0.2) is 23.5 Å². The smallest absolute Gasteiger partial charge is 0.303 e. The first-order valence-corrected chi connectivity index (χ1v) is 19.4. The fourth-order valence-corrected chi connectivity index (χ4v) is 10.1. The monoisotopic (exact) mass is 684 g/mol. The second-order valence-electron chi connectivity index (χ2n) is 15.7. The van der Waals surface area contributed by atoms with Gasteiger partial charge in [-0.1, -0.05) is 96.4 Å². The molecule has 0 spiro atoms. The SMILES string of the molecule is CCCC1O[C@@H]2C[C@H]3[C@@H]4CCC5=CC(=O)C=C[C@]5(C)[C@H]4[C@@H](O)C[C@]3(C)[C@]2(C(=O)CO)O1.CCCCCCC=CCCCCCCCC(=O)O. The van der Waals surface area contributed by atoms with Crippen LogP contribution in [-0.2, 0) is 23.9 Å². The number of rotatable bonds is 17. The second kappa shape index (κ2) is 17.9. The fourth-order valence-electron chi connectivity index (χ4n) is 10.1. The van der Waals surface area contributed by atoms with Crippen molar-refractivity contribution in [2.45, 2.75) is 167 Å². The van der Waals surface area contributed by atoms with E-state index >= 15 is 0 Å². The molecule has 276 valence electrons. The third kappa shape index (κ3) is 8.51. The molecule has 8 heteroatoms. The summed E-state index contributed by atoms with van der Waals surface area (Å²) in [5, 5.41) is 29.9. The van der Waals surface area contributed by atoms with Crippen molar-refractivity contribution in [3.05, 3.63) is 36.0 Å². The van der Waals surface area contributed by atoms with Gasteiger partial charge in [-0.3, -0.25) is 14.4 Å². The van der Waals surface area contributed by atoms with Crippen LogP contribution in [0.3, 0.4) is 0 Å². The number of Topliss-reactive ketones (excluding diaryl/α,β-unsaturated/α-hetero) is 1. The molecule has 1 saturated heterocycles. The van der Waals surface area contributed by atoms with Gasteiger partial charge in [0.25, 0.3) is 0 Å². The number of aliphatic hydroxyl groups is 2. The van der Waals surface area contributed by atoms with E-state index in [4.69, 9.17) is 14.6 Å². The van der Waals surface area contributed by atoms with Gasteiger partial charge in [0.1, 0.15) is 6.61 Å². The highest BCUT2D eigenvalue weighted by Crippen LogP contribution is 2.69. The van der Waals surface area contributed by atoms with Crippen LogP contribution in [0.4, 0.5) is 0 Å². The van der Waals surface area contributed by atoms with Crippen molar-refractivity contribution in [1.82, 2.24) is 0 Å². The van der Waals surface area contributed by atoms with Crippen molar-refractivity contribution in [3.8, 4) is 0 Å². The van der Waals surface area contributed by atoms with Crippen LogP contribution in [0, 0.1) is 28.6 Å². The Labute approximate surface area is 294 Å². The average Bonchev–Trinajstić information content (AvgIpc) is 3.55. The average molecular weight is 685 g/mol. The lowest BCUT2D eigenvalue weighted by atomic mass is 9.46. The molecule has 5 rings (SSSR count). The van der Waals surface area contributed by atoms with Crippen LogP contribution in [0.5, 0.6) is 0 Å². The summed E-state index contributed by atoms with van der Waals surface area (Å²) in [7, 11) is 0. The minimum absolute atomic E-state index is 0.0125. The maximum atomic E-state index is 13.2. The number of fused-ring (bicyclic) bond motifs is 7. The van der Waals surface area contributed by atoms with E-state index in [1.54, 1.807) is 12.2 Å². The van der Waals surface area contributed by atoms with E-state index in [2.05, 4.69) is 39.8 Å². The van der Waals surface area contributed by atoms with Gasteiger partial charge in [0.2, 0.25) is 0 Å². The van der Waals surface area contributed by atoms with Crippen molar-refractivity contribution in [2.24, 2.45) is 28.6 Å². The number of carbonyl (C=O) groups is 3. The third-order valence-electron chi connectivity index (χ3n) is 12.5. The zero-order valence-electron chi connectivity index (χ0n) is 30.7. The highest BCUT2D eigenvalue weighted by Gasteiger charge is 2.75. The Kier molecular flexibility index (Phi) is 14.5. The summed E-state index contributed by atoms with van der Waals surface area (Å²) in [6, 6.07) is 0. The Morgan fingerprint density at radius 1 is 0.980 bits per heavy atom. The molecule has 1 heterocycles. The Morgan fingerprint density at radius 2 is 1.65 bits per heavy atom. The van der Waals surface area contributed by atoms with E-state index < -0.39 is 42.1 Å². The number of hydrogen-bond acceptors (Lipinski definition) is 7. The van der Waals surface area contributed by atoms with E-state index in [0.717, 1.165) is 37.7 Å². The number of carbonyl (C=O) groups excluding carboxylic acids is 2. The summed E-state index contributed by atoms with van der Waals surface area (Å²) in [5.74, 6) is -0.638. The number of aliphatic hydroxyl groups excluding tert-OH is 2. The van der Waals surface area contributed by atoms with Crippen molar-refractivity contribution in [1.29, 1.82) is 0 Å². The lowest BCUT2D eigenvalue weighted by Crippen LogP contribution is -2.63. The maximum Gasteiger partial charge on any atom is 0.303 e. The van der Waals surface area contributed by atoms with Gasteiger partial charge in [-0.05, 0) is 88.2 Å². The number of hydrogen-bond donors (Lipinski definition) is 3. The largest absolute Gasteiger partial charge is 0.481 e. The molecular formula is C41H64O8. The highest BCUT2D eigenvalue weighted by molar-refractivity contribution is 6.01. The molecule has 1 aliphatic heterocycles. The standard InChI is InChI=1S/C25H34O6.C16H30O2/c1-4-5-21-30-20-11-17-16-7-6-14-10-15(27)8-9-23(14,2)22(16)18(28)12-24(17,3)25(20,31-21)19(29)13-26;1-2-3-4-5-6-7-8-9-10-11-12-13-14-15-16(17)18/h8-10,16-18,20-22,26,28H,4-7,11-13H2,1-3H3;7-8H,2-6,9-15H2,1H3,(H,17,18)/t16-,17-,18-,20+,21?,22+,23-,24-,25+;/m0./s1. The van der Waals surface area contributed by atoms with Crippen molar-refractivity contribution < 1.29 is 39.2 Å². The van der Waals surface area contributed by atoms with Crippen LogP contribution in [-0.4, -0.2) is 63.6 Å². The predicted molar refractivity (Wildman–Crippen MR) is 191 cm³/mol. The van der Waals surface area contributed by atoms with E-state index in [-0.39, 0.29) is 34.7 Å². The minimum Gasteiger partial charge on any atom is -0.481 e. The number of carboxylic acid groups (broad SMARTS) is 1. The van der Waals surface area contributed by atoms with Gasteiger partial charge in [-0.25, -0.2) is 0 Å². The maximum absolute atomic E-state index is 13.2. The van der Waals surface area contributed by atoms with E-state index in [9.17, 15) is 24.6 Å². The predicted octanol–water partition coefficient (Wildman–Crippen LogP) is 8.05. The lowest BCUT2D eigenvalue weighted by molar-refractivity contribution is -0.200. The van der Waals surface area contributed by atoms with Gasteiger partial charge in [0, 0.05) is 23.2 Å². The number of carboxylic acids is 1. The van der Waals surface area contributed by atoms with Crippen LogP contribution in [0.15, 0.2) is 36.0 Å². The van der Waals surface area contributed by atoms with Crippen LogP contribution in [0.25, 0.3) is 0 Å². The molecule has 4 fully saturated rings. The molecule has 0 amide bonds. The molecule has 0 aromatic rings. The summed E-state index contributed by atoms with van der Waals surface area (Å²) in [5.41, 5.74) is -1.05. The number of unbranched alkanes of at least 4 members (excludes halogenated alkanes) is 9. The van der Waals surface area contributed by atoms with Crippen LogP contribution in [0.2, 0.25) is 0 Å². The summed E-state index contributed by atoms with van der Waals surface area (Å²) < 4.78 is 12.7. The molecule has 0 aromatic heterocycles. The van der Waals surface area contributed by atoms with Crippen LogP contribution < -0.4 is 0 Å². The van der Waals surface area contributed by atoms with Crippen LogP contribution >= 0.6 is 0 Å². The topological polar surface area (TPSA) is 130 Å². The van der Waals surface area contributed by atoms with Gasteiger partial charge in [-0.2, -0.15) is 0 Å². The summed E-state index contributed by atoms with van der Waals surface area (Å²) in [4.78, 5) is 35.5. The molecule has 3 saturated carbocycles. The molecular weight excluding hydrogens is 620 g/mol. The molecule has 0 radical (unpaired) electrons. The third-order valence-corrected chi connectivity index (χ3v) is 12.5. The molecule has 4 aliphatic carbocycles. The normalized spacial score (nSPS) is 36.0. The molecule has 0 aromatic carbocycles. The van der Waals surface area contributed by atoms with Crippen molar-refractivity contribution in [2.75, 3.05) is 6.61 Å². The molecule has 0 bridgehead atoms. The highest BCUT2D eigenvalue weighted by atomic mass is 16.7. The lowest BCUT2D eigenvalue weighted by Gasteiger charge is -2.59. The van der Waals surface area contributed by atoms with E-state index in [1.165, 1.54) is 57.8 Å². The zero-order chi connectivity index (χ0) is 35.7. The van der Waals surface area contributed by atoms with Crippen molar-refractivity contribution >= 4 is 17.5 Å². The number of aliphatic carboxylic acids is 1. The Morgan fingerprint density at radius 3 is 2.31 bits per heavy atom. The number of ketones is 2. The van der Waals surface area contributed by atoms with Gasteiger partial charge in [-0.15, -0.1) is 0 Å². The summed E-state index contributed by atoms with van der Waals surface area (Å²) in [6.45, 7) is 7.92. The minimum atomic E-state index is -1.20. The van der Waals surface area contributed by atoms with E-state index in [1.807, 2.05) is 6.08 Å². The molecule has 1 unspecified atom stereocenters. The summed E-state index contributed by atoms with van der Waals surface area (Å²) in [6.07, 6.45) is 26.6. The van der Waals surface area contributed by atoms with Gasteiger partial charge in [0.05, 0.1) is 12.2 Å². The Balaban J connectivity index is 0.000000259. The van der Waals surface area contributed by atoms with E-state index in [0.29, 0.717) is 25.7 Å². The van der Waals surface area contributed by atoms with Gasteiger partial charge < -0.3 is 24.8 Å². The van der Waals surface area contributed by atoms with Crippen molar-refractivity contribution in [3.63, 3.8) is 0 Å². The molecule has 3 N–H and O–H groups in total.